The number of anilines is 1. The second-order valence-electron chi connectivity index (χ2n) is 7.09. The normalized spacial score (nSPS) is 20.0. The molecule has 0 radical (unpaired) electrons. The third-order valence-corrected chi connectivity index (χ3v) is 4.52. The number of amides is 1. The first kappa shape index (κ1) is 15.9. The highest BCUT2D eigenvalue weighted by atomic mass is 16.2. The smallest absolute Gasteiger partial charge is 0.241 e. The number of benzene rings is 1. The number of nitrogens with zero attached hydrogens (tertiary/aromatic N) is 1. The summed E-state index contributed by atoms with van der Waals surface area (Å²) in [5, 5.41) is 3.21. The van der Waals surface area contributed by atoms with Crippen molar-refractivity contribution in [2.24, 2.45) is 11.3 Å². The summed E-state index contributed by atoms with van der Waals surface area (Å²) in [6, 6.07) is 9.92. The lowest BCUT2D eigenvalue weighted by atomic mass is 9.77. The zero-order chi connectivity index (χ0) is 15.3. The van der Waals surface area contributed by atoms with Crippen LogP contribution in [-0.2, 0) is 4.79 Å². The van der Waals surface area contributed by atoms with Crippen molar-refractivity contribution in [2.45, 2.75) is 40.0 Å². The maximum Gasteiger partial charge on any atom is 0.241 e. The van der Waals surface area contributed by atoms with Crippen LogP contribution in [0.4, 0.5) is 5.69 Å². The van der Waals surface area contributed by atoms with E-state index in [4.69, 9.17) is 0 Å². The van der Waals surface area contributed by atoms with Crippen LogP contribution in [0.3, 0.4) is 0 Å². The lowest BCUT2D eigenvalue weighted by molar-refractivity contribution is -0.129. The number of hydrogen-bond donors (Lipinski definition) is 1. The maximum absolute atomic E-state index is 12.3. The number of likely N-dealkylation sites (tertiary alicyclic amines) is 1. The van der Waals surface area contributed by atoms with Gasteiger partial charge < -0.3 is 10.2 Å². The molecule has 1 amide bonds. The Labute approximate surface area is 128 Å². The number of hydrogen-bond acceptors (Lipinski definition) is 2. The third kappa shape index (κ3) is 4.76. The van der Waals surface area contributed by atoms with Gasteiger partial charge in [-0.25, -0.2) is 0 Å². The molecule has 1 saturated heterocycles. The fourth-order valence-corrected chi connectivity index (χ4v) is 3.06. The van der Waals surface area contributed by atoms with E-state index in [1.54, 1.807) is 0 Å². The number of carbonyl (C=O) groups is 1. The van der Waals surface area contributed by atoms with E-state index >= 15 is 0 Å². The molecule has 1 N–H and O–H groups in total. The van der Waals surface area contributed by atoms with Gasteiger partial charge in [0.2, 0.25) is 5.91 Å². The lowest BCUT2D eigenvalue weighted by Crippen LogP contribution is -2.36. The zero-order valence-electron chi connectivity index (χ0n) is 13.6. The topological polar surface area (TPSA) is 32.3 Å². The first-order valence-electron chi connectivity index (χ1n) is 8.03. The van der Waals surface area contributed by atoms with Gasteiger partial charge in [-0.15, -0.1) is 0 Å². The van der Waals surface area contributed by atoms with Crippen LogP contribution in [0.15, 0.2) is 30.3 Å². The van der Waals surface area contributed by atoms with Gasteiger partial charge in [0, 0.05) is 18.8 Å². The molecule has 1 aromatic carbocycles. The minimum Gasteiger partial charge on any atom is -0.376 e. The summed E-state index contributed by atoms with van der Waals surface area (Å²) in [4.78, 5) is 14.4. The van der Waals surface area contributed by atoms with Crippen LogP contribution in [0.25, 0.3) is 0 Å². The minimum atomic E-state index is 0.216. The highest BCUT2D eigenvalue weighted by Crippen LogP contribution is 2.34. The van der Waals surface area contributed by atoms with Crippen molar-refractivity contribution in [3.05, 3.63) is 30.3 Å². The number of rotatable bonds is 3. The second-order valence-corrected chi connectivity index (χ2v) is 7.09. The van der Waals surface area contributed by atoms with Crippen LogP contribution in [0.5, 0.6) is 0 Å². The highest BCUT2D eigenvalue weighted by Gasteiger charge is 2.28. The molecule has 116 valence electrons. The molecule has 0 spiro atoms. The minimum absolute atomic E-state index is 0.216. The molecule has 0 bridgehead atoms. The molecule has 21 heavy (non-hydrogen) atoms. The summed E-state index contributed by atoms with van der Waals surface area (Å²) in [7, 11) is 0. The molecule has 0 saturated carbocycles. The average Bonchev–Trinajstić information content (AvgIpc) is 2.71. The monoisotopic (exact) mass is 288 g/mol. The van der Waals surface area contributed by atoms with Gasteiger partial charge in [0.1, 0.15) is 0 Å². The molecule has 1 atom stereocenters. The lowest BCUT2D eigenvalue weighted by Gasteiger charge is -2.29. The van der Waals surface area contributed by atoms with Crippen LogP contribution in [0.2, 0.25) is 0 Å². The molecule has 2 rings (SSSR count). The van der Waals surface area contributed by atoms with Gasteiger partial charge in [-0.1, -0.05) is 39.0 Å². The summed E-state index contributed by atoms with van der Waals surface area (Å²) in [6.45, 7) is 9.13. The fraction of sp³-hybridized carbons (Fsp3) is 0.611. The van der Waals surface area contributed by atoms with Gasteiger partial charge >= 0.3 is 0 Å². The van der Waals surface area contributed by atoms with Gasteiger partial charge in [-0.2, -0.15) is 0 Å². The SMILES string of the molecule is CC(C)(C)C1CCCN(C(=O)CNc2ccccc2)CC1. The Morgan fingerprint density at radius 3 is 2.57 bits per heavy atom. The van der Waals surface area contributed by atoms with Crippen LogP contribution >= 0.6 is 0 Å². The summed E-state index contributed by atoms with van der Waals surface area (Å²) < 4.78 is 0. The molecule has 1 aliphatic rings. The Morgan fingerprint density at radius 1 is 1.19 bits per heavy atom. The van der Waals surface area contributed by atoms with Crippen molar-refractivity contribution in [2.75, 3.05) is 25.0 Å². The molecule has 1 heterocycles. The predicted molar refractivity (Wildman–Crippen MR) is 88.3 cm³/mol. The third-order valence-electron chi connectivity index (χ3n) is 4.52. The number of carbonyl (C=O) groups excluding carboxylic acids is 1. The number of para-hydroxylation sites is 1. The average molecular weight is 288 g/mol. The highest BCUT2D eigenvalue weighted by molar-refractivity contribution is 5.80. The molecule has 0 aliphatic carbocycles. The van der Waals surface area contributed by atoms with E-state index in [0.29, 0.717) is 12.0 Å². The largest absolute Gasteiger partial charge is 0.376 e. The van der Waals surface area contributed by atoms with Crippen molar-refractivity contribution in [1.29, 1.82) is 0 Å². The Bertz CT molecular complexity index is 450. The second kappa shape index (κ2) is 6.97. The summed E-state index contributed by atoms with van der Waals surface area (Å²) >= 11 is 0. The van der Waals surface area contributed by atoms with Gasteiger partial charge in [0.05, 0.1) is 6.54 Å². The molecular formula is C18H28N2O. The van der Waals surface area contributed by atoms with E-state index in [0.717, 1.165) is 37.5 Å². The van der Waals surface area contributed by atoms with Crippen LogP contribution in [0, 0.1) is 11.3 Å². The van der Waals surface area contributed by atoms with E-state index in [2.05, 4.69) is 26.1 Å². The Kier molecular flexibility index (Phi) is 5.27. The Hall–Kier alpha value is -1.51. The van der Waals surface area contributed by atoms with Crippen molar-refractivity contribution in [3.8, 4) is 0 Å². The molecule has 1 unspecified atom stereocenters. The first-order chi connectivity index (χ1) is 9.97. The Balaban J connectivity index is 1.83. The zero-order valence-corrected chi connectivity index (χ0v) is 13.6. The van der Waals surface area contributed by atoms with E-state index in [1.807, 2.05) is 35.2 Å². The van der Waals surface area contributed by atoms with Gasteiger partial charge in [0.25, 0.3) is 0 Å². The molecule has 3 heteroatoms. The van der Waals surface area contributed by atoms with Crippen molar-refractivity contribution in [3.63, 3.8) is 0 Å². The first-order valence-corrected chi connectivity index (χ1v) is 8.03. The van der Waals surface area contributed by atoms with E-state index in [-0.39, 0.29) is 5.91 Å². The quantitative estimate of drug-likeness (QED) is 0.918. The van der Waals surface area contributed by atoms with Crippen molar-refractivity contribution >= 4 is 11.6 Å². The molecular weight excluding hydrogens is 260 g/mol. The molecule has 0 aromatic heterocycles. The van der Waals surface area contributed by atoms with Crippen LogP contribution < -0.4 is 5.32 Å². The van der Waals surface area contributed by atoms with Crippen LogP contribution in [-0.4, -0.2) is 30.4 Å². The van der Waals surface area contributed by atoms with Gasteiger partial charge in [-0.3, -0.25) is 4.79 Å². The van der Waals surface area contributed by atoms with Crippen molar-refractivity contribution < 1.29 is 4.79 Å². The van der Waals surface area contributed by atoms with Gasteiger partial charge in [-0.05, 0) is 42.7 Å². The van der Waals surface area contributed by atoms with E-state index < -0.39 is 0 Å². The van der Waals surface area contributed by atoms with E-state index in [9.17, 15) is 4.79 Å². The summed E-state index contributed by atoms with van der Waals surface area (Å²) in [5.41, 5.74) is 1.36. The Morgan fingerprint density at radius 2 is 1.90 bits per heavy atom. The summed E-state index contributed by atoms with van der Waals surface area (Å²) in [5.74, 6) is 0.936. The van der Waals surface area contributed by atoms with E-state index in [1.165, 1.54) is 6.42 Å². The standard InChI is InChI=1S/C18H28N2O/c1-18(2,3)15-8-7-12-20(13-11-15)17(21)14-19-16-9-5-4-6-10-16/h4-6,9-10,15,19H,7-8,11-14H2,1-3H3. The molecule has 3 nitrogen and oxygen atoms in total. The van der Waals surface area contributed by atoms with Crippen molar-refractivity contribution in [1.82, 2.24) is 4.90 Å². The maximum atomic E-state index is 12.3. The fourth-order valence-electron chi connectivity index (χ4n) is 3.06. The molecule has 1 aromatic rings. The predicted octanol–water partition coefficient (Wildman–Crippen LogP) is 3.77. The number of nitrogens with one attached hydrogen (secondary N) is 1. The molecule has 1 aliphatic heterocycles. The molecule has 1 fully saturated rings. The van der Waals surface area contributed by atoms with Gasteiger partial charge in [0.15, 0.2) is 0 Å². The van der Waals surface area contributed by atoms with Crippen LogP contribution in [0.1, 0.15) is 40.0 Å². The summed E-state index contributed by atoms with van der Waals surface area (Å²) in [6.07, 6.45) is 3.49.